The Labute approximate surface area is 168 Å². The van der Waals surface area contributed by atoms with E-state index in [0.29, 0.717) is 37.7 Å². The van der Waals surface area contributed by atoms with Crippen LogP contribution >= 0.6 is 0 Å². The minimum Gasteiger partial charge on any atom is -0.492 e. The minimum absolute atomic E-state index is 0.0782. The lowest BCUT2D eigenvalue weighted by atomic mass is 10.2. The lowest BCUT2D eigenvalue weighted by Gasteiger charge is -2.19. The van der Waals surface area contributed by atoms with Crippen LogP contribution < -0.4 is 15.0 Å². The molecular weight excluding hydrogens is 378 g/mol. The first-order valence-electron chi connectivity index (χ1n) is 10.4. The number of benzene rings is 1. The Kier molecular flexibility index (Phi) is 7.31. The Morgan fingerprint density at radius 2 is 1.79 bits per heavy atom. The van der Waals surface area contributed by atoms with Crippen LogP contribution in [0.2, 0.25) is 0 Å². The van der Waals surface area contributed by atoms with Gasteiger partial charge < -0.3 is 15.0 Å². The number of ether oxygens (including phenoxy) is 1. The number of hydrogen-bond donors (Lipinski definition) is 2. The van der Waals surface area contributed by atoms with Crippen molar-refractivity contribution in [3.05, 3.63) is 18.2 Å². The molecular formula is C20H32N3O4S+. The first kappa shape index (κ1) is 21.1. The second-order valence-corrected chi connectivity index (χ2v) is 9.50. The number of carbonyl (C=O) groups excluding carboxylic acids is 1. The molecule has 2 fully saturated rings. The average Bonchev–Trinajstić information content (AvgIpc) is 3.10. The minimum atomic E-state index is -3.63. The van der Waals surface area contributed by atoms with Gasteiger partial charge in [0.25, 0.3) is 5.91 Å². The van der Waals surface area contributed by atoms with Gasteiger partial charge in [-0.25, -0.2) is 8.42 Å². The van der Waals surface area contributed by atoms with Gasteiger partial charge in [-0.2, -0.15) is 4.31 Å². The highest BCUT2D eigenvalue weighted by Crippen LogP contribution is 2.31. The van der Waals surface area contributed by atoms with Crippen molar-refractivity contribution < 1.29 is 22.8 Å². The normalized spacial score (nSPS) is 19.3. The summed E-state index contributed by atoms with van der Waals surface area (Å²) in [7, 11) is -3.63. The van der Waals surface area contributed by atoms with E-state index in [1.165, 1.54) is 28.1 Å². The molecule has 3 rings (SSSR count). The van der Waals surface area contributed by atoms with E-state index in [-0.39, 0.29) is 10.8 Å². The Hall–Kier alpha value is -1.64. The van der Waals surface area contributed by atoms with Gasteiger partial charge in [0.1, 0.15) is 10.6 Å². The van der Waals surface area contributed by atoms with Gasteiger partial charge in [0.2, 0.25) is 10.0 Å². The number of carbonyl (C=O) groups is 1. The summed E-state index contributed by atoms with van der Waals surface area (Å²) in [5.74, 6) is 0.260. The number of hydrogen-bond acceptors (Lipinski definition) is 4. The van der Waals surface area contributed by atoms with E-state index in [4.69, 9.17) is 4.74 Å². The molecule has 0 unspecified atom stereocenters. The number of likely N-dealkylation sites (tertiary alicyclic amines) is 1. The summed E-state index contributed by atoms with van der Waals surface area (Å²) < 4.78 is 33.2. The molecule has 1 amide bonds. The third-order valence-electron chi connectivity index (χ3n) is 5.43. The predicted octanol–water partition coefficient (Wildman–Crippen LogP) is 1.27. The second kappa shape index (κ2) is 9.71. The fourth-order valence-corrected chi connectivity index (χ4v) is 5.64. The molecule has 0 radical (unpaired) electrons. The highest BCUT2D eigenvalue weighted by molar-refractivity contribution is 7.89. The van der Waals surface area contributed by atoms with E-state index in [2.05, 4.69) is 5.32 Å². The number of rotatable bonds is 7. The molecule has 0 aromatic heterocycles. The standard InChI is InChI=1S/C20H31N3O4S/c1-2-27-18-10-9-17(15-19(18)28(25,26)23-13-7-8-14-23)21-20(24)16-22-11-5-3-4-6-12-22/h9-10,15H,2-8,11-14,16H2,1H3,(H,21,24)/p+1. The fraction of sp³-hybridized carbons (Fsp3) is 0.650. The maximum Gasteiger partial charge on any atom is 0.279 e. The van der Waals surface area contributed by atoms with Crippen molar-refractivity contribution in [3.63, 3.8) is 0 Å². The molecule has 2 aliphatic heterocycles. The quantitative estimate of drug-likeness (QED) is 0.709. The molecule has 0 aliphatic carbocycles. The molecule has 1 aromatic carbocycles. The highest BCUT2D eigenvalue weighted by atomic mass is 32.2. The second-order valence-electron chi connectivity index (χ2n) is 7.59. The Morgan fingerprint density at radius 1 is 1.11 bits per heavy atom. The van der Waals surface area contributed by atoms with Gasteiger partial charge >= 0.3 is 0 Å². The van der Waals surface area contributed by atoms with Crippen molar-refractivity contribution in [2.24, 2.45) is 0 Å². The van der Waals surface area contributed by atoms with Crippen LogP contribution in [-0.2, 0) is 14.8 Å². The van der Waals surface area contributed by atoms with Crippen molar-refractivity contribution in [2.45, 2.75) is 50.3 Å². The summed E-state index contributed by atoms with van der Waals surface area (Å²) in [5, 5.41) is 2.88. The molecule has 156 valence electrons. The molecule has 28 heavy (non-hydrogen) atoms. The largest absolute Gasteiger partial charge is 0.492 e. The molecule has 2 saturated heterocycles. The third kappa shape index (κ3) is 5.24. The Morgan fingerprint density at radius 3 is 2.43 bits per heavy atom. The maximum absolute atomic E-state index is 13.1. The van der Waals surface area contributed by atoms with Gasteiger partial charge in [0.05, 0.1) is 19.7 Å². The van der Waals surface area contributed by atoms with Crippen molar-refractivity contribution >= 4 is 21.6 Å². The SMILES string of the molecule is CCOc1ccc(NC(=O)C[NH+]2CCCCCC2)cc1S(=O)(=O)N1CCCC1. The van der Waals surface area contributed by atoms with E-state index in [0.717, 1.165) is 38.8 Å². The van der Waals surface area contributed by atoms with E-state index in [9.17, 15) is 13.2 Å². The van der Waals surface area contributed by atoms with Gasteiger partial charge in [0.15, 0.2) is 6.54 Å². The number of sulfonamides is 1. The summed E-state index contributed by atoms with van der Waals surface area (Å²) in [6, 6.07) is 4.89. The van der Waals surface area contributed by atoms with E-state index >= 15 is 0 Å². The monoisotopic (exact) mass is 410 g/mol. The van der Waals surface area contributed by atoms with Gasteiger partial charge in [-0.05, 0) is 63.6 Å². The van der Waals surface area contributed by atoms with Crippen molar-refractivity contribution in [2.75, 3.05) is 44.6 Å². The van der Waals surface area contributed by atoms with Crippen LogP contribution in [0.25, 0.3) is 0 Å². The summed E-state index contributed by atoms with van der Waals surface area (Å²) >= 11 is 0. The number of amides is 1. The molecule has 2 aliphatic rings. The fourth-order valence-electron chi connectivity index (χ4n) is 3.97. The summed E-state index contributed by atoms with van der Waals surface area (Å²) in [6.45, 7) is 5.72. The van der Waals surface area contributed by atoms with Crippen LogP contribution in [0.4, 0.5) is 5.69 Å². The number of quaternary nitrogens is 1. The molecule has 0 atom stereocenters. The molecule has 2 N–H and O–H groups in total. The van der Waals surface area contributed by atoms with Gasteiger partial charge in [-0.15, -0.1) is 0 Å². The topological polar surface area (TPSA) is 80.1 Å². The Balaban J connectivity index is 1.75. The van der Waals surface area contributed by atoms with Crippen molar-refractivity contribution in [3.8, 4) is 5.75 Å². The van der Waals surface area contributed by atoms with Crippen LogP contribution in [0.15, 0.2) is 23.1 Å². The summed E-state index contributed by atoms with van der Waals surface area (Å²) in [4.78, 5) is 13.9. The number of nitrogens with one attached hydrogen (secondary N) is 2. The summed E-state index contributed by atoms with van der Waals surface area (Å²) in [5.41, 5.74) is 0.500. The zero-order valence-corrected chi connectivity index (χ0v) is 17.5. The molecule has 0 saturated carbocycles. The average molecular weight is 411 g/mol. The molecule has 1 aromatic rings. The number of nitrogens with zero attached hydrogens (tertiary/aromatic N) is 1. The molecule has 7 nitrogen and oxygen atoms in total. The third-order valence-corrected chi connectivity index (χ3v) is 7.35. The lowest BCUT2D eigenvalue weighted by Crippen LogP contribution is -3.12. The first-order valence-corrected chi connectivity index (χ1v) is 11.8. The van der Waals surface area contributed by atoms with Crippen molar-refractivity contribution in [1.82, 2.24) is 4.31 Å². The van der Waals surface area contributed by atoms with Crippen molar-refractivity contribution in [1.29, 1.82) is 0 Å². The summed E-state index contributed by atoms with van der Waals surface area (Å²) in [6.07, 6.45) is 6.54. The maximum atomic E-state index is 13.1. The smallest absolute Gasteiger partial charge is 0.279 e. The van der Waals surface area contributed by atoms with E-state index in [1.54, 1.807) is 12.1 Å². The number of anilines is 1. The van der Waals surface area contributed by atoms with E-state index < -0.39 is 10.0 Å². The van der Waals surface area contributed by atoms with Gasteiger partial charge in [0, 0.05) is 18.8 Å². The predicted molar refractivity (Wildman–Crippen MR) is 108 cm³/mol. The zero-order valence-electron chi connectivity index (χ0n) is 16.7. The van der Waals surface area contributed by atoms with Crippen LogP contribution in [0.5, 0.6) is 5.75 Å². The van der Waals surface area contributed by atoms with Gasteiger partial charge in [-0.3, -0.25) is 4.79 Å². The lowest BCUT2D eigenvalue weighted by molar-refractivity contribution is -0.890. The Bertz CT molecular complexity index is 768. The highest BCUT2D eigenvalue weighted by Gasteiger charge is 2.30. The molecule has 0 bridgehead atoms. The molecule has 2 heterocycles. The van der Waals surface area contributed by atoms with Crippen LogP contribution in [0.1, 0.15) is 45.4 Å². The zero-order chi connectivity index (χ0) is 20.0. The first-order chi connectivity index (χ1) is 13.5. The van der Waals surface area contributed by atoms with Crippen LogP contribution in [-0.4, -0.2) is 58.0 Å². The van der Waals surface area contributed by atoms with Crippen LogP contribution in [0, 0.1) is 0 Å². The van der Waals surface area contributed by atoms with Gasteiger partial charge in [-0.1, -0.05) is 0 Å². The van der Waals surface area contributed by atoms with Crippen LogP contribution in [0.3, 0.4) is 0 Å². The molecule has 8 heteroatoms. The van der Waals surface area contributed by atoms with E-state index in [1.807, 2.05) is 6.92 Å². The molecule has 0 spiro atoms.